The number of benzene rings is 1. The topological polar surface area (TPSA) is 61.4 Å². The first-order valence-corrected chi connectivity index (χ1v) is 8.16. The fourth-order valence-electron chi connectivity index (χ4n) is 2.67. The fraction of sp³-hybridized carbons (Fsp3) is 0.529. The fourth-order valence-corrected chi connectivity index (χ4v) is 2.67. The van der Waals surface area contributed by atoms with E-state index in [9.17, 15) is 18.4 Å². The zero-order valence-corrected chi connectivity index (χ0v) is 13.9. The molecule has 132 valence electrons. The van der Waals surface area contributed by atoms with Crippen LogP contribution in [0.25, 0.3) is 0 Å². The smallest absolute Gasteiger partial charge is 0.322 e. The van der Waals surface area contributed by atoms with Crippen LogP contribution in [0.5, 0.6) is 0 Å². The molecule has 0 aromatic heterocycles. The summed E-state index contributed by atoms with van der Waals surface area (Å²) in [5, 5.41) is 5.16. The summed E-state index contributed by atoms with van der Waals surface area (Å²) in [5.74, 6) is -1.58. The SMILES string of the molecule is CC(C)C(=O)NCC1CCCN(C(=O)Nc2c(F)cccc2F)C1. The monoisotopic (exact) mass is 339 g/mol. The quantitative estimate of drug-likeness (QED) is 0.886. The third-order valence-electron chi connectivity index (χ3n) is 4.09. The first-order valence-electron chi connectivity index (χ1n) is 8.16. The third kappa shape index (κ3) is 4.66. The van der Waals surface area contributed by atoms with E-state index in [-0.39, 0.29) is 17.7 Å². The number of hydrogen-bond donors (Lipinski definition) is 2. The molecular weight excluding hydrogens is 316 g/mol. The zero-order valence-electron chi connectivity index (χ0n) is 13.9. The van der Waals surface area contributed by atoms with Gasteiger partial charge in [-0.25, -0.2) is 13.6 Å². The van der Waals surface area contributed by atoms with Gasteiger partial charge in [0.15, 0.2) is 0 Å². The van der Waals surface area contributed by atoms with Crippen LogP contribution in [-0.4, -0.2) is 36.5 Å². The normalized spacial score (nSPS) is 17.7. The Balaban J connectivity index is 1.92. The second kappa shape index (κ2) is 8.08. The Morgan fingerprint density at radius 1 is 1.29 bits per heavy atom. The highest BCUT2D eigenvalue weighted by Crippen LogP contribution is 2.21. The molecule has 5 nitrogen and oxygen atoms in total. The highest BCUT2D eigenvalue weighted by Gasteiger charge is 2.25. The summed E-state index contributed by atoms with van der Waals surface area (Å²) in [6.07, 6.45) is 1.69. The van der Waals surface area contributed by atoms with Gasteiger partial charge in [-0.1, -0.05) is 19.9 Å². The molecule has 7 heteroatoms. The van der Waals surface area contributed by atoms with Crippen LogP contribution in [0.15, 0.2) is 18.2 Å². The van der Waals surface area contributed by atoms with Gasteiger partial charge in [0.05, 0.1) is 0 Å². The van der Waals surface area contributed by atoms with Crippen LogP contribution in [0.3, 0.4) is 0 Å². The molecule has 3 amide bonds. The summed E-state index contributed by atoms with van der Waals surface area (Å²) in [5.41, 5.74) is -0.433. The van der Waals surface area contributed by atoms with Gasteiger partial charge in [0.2, 0.25) is 5.91 Å². The second-order valence-corrected chi connectivity index (χ2v) is 6.38. The van der Waals surface area contributed by atoms with Crippen LogP contribution >= 0.6 is 0 Å². The summed E-state index contributed by atoms with van der Waals surface area (Å²) in [6.45, 7) is 5.10. The van der Waals surface area contributed by atoms with Gasteiger partial charge in [0.25, 0.3) is 0 Å². The minimum absolute atomic E-state index is 0.0231. The molecule has 0 radical (unpaired) electrons. The highest BCUT2D eigenvalue weighted by atomic mass is 19.1. The molecule has 0 bridgehead atoms. The molecule has 2 rings (SSSR count). The molecule has 1 heterocycles. The van der Waals surface area contributed by atoms with E-state index in [4.69, 9.17) is 0 Å². The summed E-state index contributed by atoms with van der Waals surface area (Å²) in [6, 6.07) is 2.91. The second-order valence-electron chi connectivity index (χ2n) is 6.38. The number of amides is 3. The number of piperidine rings is 1. The lowest BCUT2D eigenvalue weighted by Gasteiger charge is -2.33. The number of carbonyl (C=O) groups excluding carboxylic acids is 2. The minimum Gasteiger partial charge on any atom is -0.356 e. The molecule has 1 fully saturated rings. The van der Waals surface area contributed by atoms with Crippen molar-refractivity contribution in [1.29, 1.82) is 0 Å². The Morgan fingerprint density at radius 2 is 1.96 bits per heavy atom. The van der Waals surface area contributed by atoms with Crippen LogP contribution in [0.4, 0.5) is 19.3 Å². The number of anilines is 1. The average molecular weight is 339 g/mol. The summed E-state index contributed by atoms with van der Waals surface area (Å²) >= 11 is 0. The van der Waals surface area contributed by atoms with E-state index in [0.717, 1.165) is 25.0 Å². The van der Waals surface area contributed by atoms with Gasteiger partial charge in [0.1, 0.15) is 17.3 Å². The highest BCUT2D eigenvalue weighted by molar-refractivity contribution is 5.89. The zero-order chi connectivity index (χ0) is 17.7. The van der Waals surface area contributed by atoms with Gasteiger partial charge >= 0.3 is 6.03 Å². The lowest BCUT2D eigenvalue weighted by atomic mass is 9.98. The number of nitrogens with zero attached hydrogens (tertiary/aromatic N) is 1. The predicted molar refractivity (Wildman–Crippen MR) is 87.5 cm³/mol. The lowest BCUT2D eigenvalue weighted by molar-refractivity contribution is -0.124. The lowest BCUT2D eigenvalue weighted by Crippen LogP contribution is -2.45. The summed E-state index contributed by atoms with van der Waals surface area (Å²) in [4.78, 5) is 25.4. The molecule has 2 N–H and O–H groups in total. The molecule has 24 heavy (non-hydrogen) atoms. The van der Waals surface area contributed by atoms with Crippen molar-refractivity contribution in [2.75, 3.05) is 25.0 Å². The molecule has 1 aromatic carbocycles. The van der Waals surface area contributed by atoms with E-state index >= 15 is 0 Å². The summed E-state index contributed by atoms with van der Waals surface area (Å²) < 4.78 is 27.2. The Morgan fingerprint density at radius 3 is 2.58 bits per heavy atom. The standard InChI is InChI=1S/C17H23F2N3O2/c1-11(2)16(23)20-9-12-5-4-8-22(10-12)17(24)21-15-13(18)6-3-7-14(15)19/h3,6-7,11-12H,4-5,8-10H2,1-2H3,(H,20,23)(H,21,24). The Bertz CT molecular complexity index is 587. The molecule has 1 saturated heterocycles. The number of rotatable bonds is 4. The molecule has 0 aliphatic carbocycles. The van der Waals surface area contributed by atoms with Crippen LogP contribution in [0.1, 0.15) is 26.7 Å². The Labute approximate surface area is 140 Å². The molecule has 0 spiro atoms. The van der Waals surface area contributed by atoms with E-state index in [1.165, 1.54) is 11.0 Å². The average Bonchev–Trinajstić information content (AvgIpc) is 2.56. The maximum absolute atomic E-state index is 13.6. The van der Waals surface area contributed by atoms with Gasteiger partial charge in [-0.05, 0) is 30.9 Å². The van der Waals surface area contributed by atoms with E-state index < -0.39 is 23.4 Å². The van der Waals surface area contributed by atoms with Crippen LogP contribution in [0, 0.1) is 23.5 Å². The van der Waals surface area contributed by atoms with Gasteiger partial charge in [-0.15, -0.1) is 0 Å². The number of halogens is 2. The van der Waals surface area contributed by atoms with Crippen LogP contribution in [-0.2, 0) is 4.79 Å². The molecule has 0 saturated carbocycles. The van der Waals surface area contributed by atoms with Gasteiger partial charge < -0.3 is 15.5 Å². The van der Waals surface area contributed by atoms with Crippen LogP contribution < -0.4 is 10.6 Å². The van der Waals surface area contributed by atoms with Gasteiger partial charge in [-0.3, -0.25) is 4.79 Å². The third-order valence-corrected chi connectivity index (χ3v) is 4.09. The van der Waals surface area contributed by atoms with Crippen LogP contribution in [0.2, 0.25) is 0 Å². The number of urea groups is 1. The largest absolute Gasteiger partial charge is 0.356 e. The van der Waals surface area contributed by atoms with Gasteiger partial charge in [0, 0.05) is 25.6 Å². The molecule has 1 unspecified atom stereocenters. The molecular formula is C17H23F2N3O2. The number of nitrogens with one attached hydrogen (secondary N) is 2. The number of hydrogen-bond acceptors (Lipinski definition) is 2. The maximum atomic E-state index is 13.6. The Kier molecular flexibility index (Phi) is 6.11. The van der Waals surface area contributed by atoms with E-state index in [1.54, 1.807) is 0 Å². The molecule has 1 aromatic rings. The first kappa shape index (κ1) is 18.2. The van der Waals surface area contributed by atoms with Crippen molar-refractivity contribution < 1.29 is 18.4 Å². The van der Waals surface area contributed by atoms with E-state index in [2.05, 4.69) is 10.6 Å². The first-order chi connectivity index (χ1) is 11.4. The number of likely N-dealkylation sites (tertiary alicyclic amines) is 1. The molecule has 1 atom stereocenters. The van der Waals surface area contributed by atoms with Gasteiger partial charge in [-0.2, -0.15) is 0 Å². The van der Waals surface area contributed by atoms with Crippen molar-refractivity contribution in [3.05, 3.63) is 29.8 Å². The maximum Gasteiger partial charge on any atom is 0.322 e. The van der Waals surface area contributed by atoms with Crippen molar-refractivity contribution >= 4 is 17.6 Å². The predicted octanol–water partition coefficient (Wildman–Crippen LogP) is 2.98. The number of carbonyl (C=O) groups is 2. The molecule has 1 aliphatic heterocycles. The summed E-state index contributed by atoms with van der Waals surface area (Å²) in [7, 11) is 0. The van der Waals surface area contributed by atoms with Crippen molar-refractivity contribution in [2.45, 2.75) is 26.7 Å². The minimum atomic E-state index is -0.805. The molecule has 1 aliphatic rings. The number of para-hydroxylation sites is 1. The Hall–Kier alpha value is -2.18. The van der Waals surface area contributed by atoms with E-state index in [0.29, 0.717) is 19.6 Å². The van der Waals surface area contributed by atoms with Crippen molar-refractivity contribution in [2.24, 2.45) is 11.8 Å². The van der Waals surface area contributed by atoms with Crippen molar-refractivity contribution in [3.63, 3.8) is 0 Å². The van der Waals surface area contributed by atoms with Crippen molar-refractivity contribution in [3.8, 4) is 0 Å². The van der Waals surface area contributed by atoms with E-state index in [1.807, 2.05) is 13.8 Å². The van der Waals surface area contributed by atoms with Crippen molar-refractivity contribution in [1.82, 2.24) is 10.2 Å².